The van der Waals surface area contributed by atoms with E-state index in [2.05, 4.69) is 6.08 Å². The average Bonchev–Trinajstić information content (AvgIpc) is 2.35. The third-order valence-electron chi connectivity index (χ3n) is 4.13. The smallest absolute Gasteiger partial charge is 0.167 e. The van der Waals surface area contributed by atoms with Gasteiger partial charge in [-0.25, -0.2) is 0 Å². The van der Waals surface area contributed by atoms with Crippen molar-refractivity contribution in [2.75, 3.05) is 0 Å². The van der Waals surface area contributed by atoms with Crippen LogP contribution in [-0.4, -0.2) is 11.6 Å². The van der Waals surface area contributed by atoms with Crippen LogP contribution in [0.2, 0.25) is 0 Å². The molecule has 0 saturated carbocycles. The summed E-state index contributed by atoms with van der Waals surface area (Å²) in [6.07, 6.45) is 3.56. The molecular formula is C16H16O2. The normalized spacial score (nSPS) is 26.4. The van der Waals surface area contributed by atoms with Crippen LogP contribution in [0.25, 0.3) is 0 Å². The maximum atomic E-state index is 12.5. The number of ketones is 2. The van der Waals surface area contributed by atoms with Crippen molar-refractivity contribution in [2.24, 2.45) is 11.8 Å². The number of aryl methyl sites for hydroxylation is 1. The van der Waals surface area contributed by atoms with Crippen LogP contribution in [-0.2, 0) is 0 Å². The third kappa shape index (κ3) is 1.56. The average molecular weight is 240 g/mol. The SMILES string of the molecule is CC1=CCC2C(=O)c3ccc(C)cc3C(=O)C2C1. The summed E-state index contributed by atoms with van der Waals surface area (Å²) in [5.74, 6) is 0.0531. The van der Waals surface area contributed by atoms with E-state index in [1.54, 1.807) is 0 Å². The molecule has 2 unspecified atom stereocenters. The van der Waals surface area contributed by atoms with Crippen LogP contribution >= 0.6 is 0 Å². The second-order valence-electron chi connectivity index (χ2n) is 5.48. The first-order valence-electron chi connectivity index (χ1n) is 6.42. The summed E-state index contributed by atoms with van der Waals surface area (Å²) >= 11 is 0. The Hall–Kier alpha value is -1.70. The summed E-state index contributed by atoms with van der Waals surface area (Å²) in [7, 11) is 0. The maximum absolute atomic E-state index is 12.5. The molecule has 0 saturated heterocycles. The molecule has 0 fully saturated rings. The molecule has 0 heterocycles. The van der Waals surface area contributed by atoms with Gasteiger partial charge in [0.1, 0.15) is 0 Å². The van der Waals surface area contributed by atoms with E-state index < -0.39 is 0 Å². The number of carbonyl (C=O) groups is 2. The Bertz CT molecular complexity index is 581. The fourth-order valence-corrected chi connectivity index (χ4v) is 3.11. The quantitative estimate of drug-likeness (QED) is 0.652. The van der Waals surface area contributed by atoms with Crippen molar-refractivity contribution in [1.82, 2.24) is 0 Å². The molecule has 0 bridgehead atoms. The maximum Gasteiger partial charge on any atom is 0.167 e. The second kappa shape index (κ2) is 3.91. The molecule has 2 heteroatoms. The molecule has 1 aromatic rings. The zero-order valence-corrected chi connectivity index (χ0v) is 10.7. The molecule has 0 spiro atoms. The van der Waals surface area contributed by atoms with Gasteiger partial charge in [-0.3, -0.25) is 9.59 Å². The molecule has 0 N–H and O–H groups in total. The highest BCUT2D eigenvalue weighted by Gasteiger charge is 2.41. The van der Waals surface area contributed by atoms with Crippen LogP contribution in [0.3, 0.4) is 0 Å². The lowest BCUT2D eigenvalue weighted by Crippen LogP contribution is -2.38. The molecule has 2 aliphatic carbocycles. The summed E-state index contributed by atoms with van der Waals surface area (Å²) in [5.41, 5.74) is 3.53. The highest BCUT2D eigenvalue weighted by Crippen LogP contribution is 2.39. The Morgan fingerprint density at radius 3 is 2.50 bits per heavy atom. The van der Waals surface area contributed by atoms with Crippen LogP contribution < -0.4 is 0 Å². The molecule has 2 nitrogen and oxygen atoms in total. The van der Waals surface area contributed by atoms with Gasteiger partial charge < -0.3 is 0 Å². The Labute approximate surface area is 107 Å². The molecule has 0 aromatic heterocycles. The van der Waals surface area contributed by atoms with Gasteiger partial charge in [-0.2, -0.15) is 0 Å². The van der Waals surface area contributed by atoms with Crippen LogP contribution in [0.5, 0.6) is 0 Å². The monoisotopic (exact) mass is 240 g/mol. The number of carbonyl (C=O) groups excluding carboxylic acids is 2. The third-order valence-corrected chi connectivity index (χ3v) is 4.13. The summed E-state index contributed by atoms with van der Waals surface area (Å²) in [6.45, 7) is 4.00. The van der Waals surface area contributed by atoms with Crippen molar-refractivity contribution in [3.8, 4) is 0 Å². The first kappa shape index (κ1) is 11.4. The van der Waals surface area contributed by atoms with Crippen molar-refractivity contribution in [3.05, 3.63) is 46.5 Å². The van der Waals surface area contributed by atoms with E-state index in [1.165, 1.54) is 5.57 Å². The largest absolute Gasteiger partial charge is 0.294 e. The predicted molar refractivity (Wildman–Crippen MR) is 69.8 cm³/mol. The number of hydrogen-bond acceptors (Lipinski definition) is 2. The zero-order chi connectivity index (χ0) is 12.9. The van der Waals surface area contributed by atoms with Crippen molar-refractivity contribution < 1.29 is 9.59 Å². The number of hydrogen-bond donors (Lipinski definition) is 0. The van der Waals surface area contributed by atoms with Gasteiger partial charge in [0, 0.05) is 23.0 Å². The van der Waals surface area contributed by atoms with E-state index in [-0.39, 0.29) is 23.4 Å². The summed E-state index contributed by atoms with van der Waals surface area (Å²) in [5, 5.41) is 0. The minimum absolute atomic E-state index is 0.128. The molecule has 1 aromatic carbocycles. The van der Waals surface area contributed by atoms with Gasteiger partial charge in [-0.1, -0.05) is 29.3 Å². The molecule has 2 aliphatic rings. The van der Waals surface area contributed by atoms with Crippen LogP contribution in [0, 0.1) is 18.8 Å². The number of fused-ring (bicyclic) bond motifs is 2. The fourth-order valence-electron chi connectivity index (χ4n) is 3.11. The highest BCUT2D eigenvalue weighted by molar-refractivity contribution is 6.16. The Balaban J connectivity index is 2.13. The lowest BCUT2D eigenvalue weighted by molar-refractivity contribution is 0.0725. The molecule has 92 valence electrons. The van der Waals surface area contributed by atoms with E-state index in [0.29, 0.717) is 17.5 Å². The van der Waals surface area contributed by atoms with E-state index in [9.17, 15) is 9.59 Å². The first-order chi connectivity index (χ1) is 8.58. The second-order valence-corrected chi connectivity index (χ2v) is 5.48. The lowest BCUT2D eigenvalue weighted by atomic mass is 9.68. The Morgan fingerprint density at radius 2 is 1.72 bits per heavy atom. The molecule has 0 aliphatic heterocycles. The topological polar surface area (TPSA) is 34.1 Å². The van der Waals surface area contributed by atoms with Crippen LogP contribution in [0.15, 0.2) is 29.8 Å². The van der Waals surface area contributed by atoms with Crippen molar-refractivity contribution in [3.63, 3.8) is 0 Å². The predicted octanol–water partition coefficient (Wildman–Crippen LogP) is 3.35. The van der Waals surface area contributed by atoms with E-state index in [4.69, 9.17) is 0 Å². The fraction of sp³-hybridized carbons (Fsp3) is 0.375. The first-order valence-corrected chi connectivity index (χ1v) is 6.42. The molecule has 0 radical (unpaired) electrons. The summed E-state index contributed by atoms with van der Waals surface area (Å²) in [6, 6.07) is 5.58. The minimum atomic E-state index is -0.128. The van der Waals surface area contributed by atoms with Gasteiger partial charge in [0.25, 0.3) is 0 Å². The van der Waals surface area contributed by atoms with E-state index >= 15 is 0 Å². The Kier molecular flexibility index (Phi) is 2.47. The van der Waals surface area contributed by atoms with Crippen molar-refractivity contribution in [1.29, 1.82) is 0 Å². The summed E-state index contributed by atoms with van der Waals surface area (Å²) < 4.78 is 0. The van der Waals surface area contributed by atoms with E-state index in [1.807, 2.05) is 32.0 Å². The van der Waals surface area contributed by atoms with Gasteiger partial charge in [0.05, 0.1) is 0 Å². The van der Waals surface area contributed by atoms with Gasteiger partial charge in [-0.05, 0) is 32.8 Å². The zero-order valence-electron chi connectivity index (χ0n) is 10.7. The van der Waals surface area contributed by atoms with Gasteiger partial charge >= 0.3 is 0 Å². The number of benzene rings is 1. The number of rotatable bonds is 0. The van der Waals surface area contributed by atoms with Crippen LogP contribution in [0.4, 0.5) is 0 Å². The minimum Gasteiger partial charge on any atom is -0.294 e. The van der Waals surface area contributed by atoms with Crippen LogP contribution in [0.1, 0.15) is 46.0 Å². The molecule has 0 amide bonds. The molecular weight excluding hydrogens is 224 g/mol. The summed E-state index contributed by atoms with van der Waals surface area (Å²) in [4.78, 5) is 24.9. The van der Waals surface area contributed by atoms with Gasteiger partial charge in [0.2, 0.25) is 0 Å². The molecule has 2 atom stereocenters. The standard InChI is InChI=1S/C16H16O2/c1-9-3-5-11-13(7-9)16(18)14-8-10(2)4-6-12(14)15(11)17/h3-5,7,12,14H,6,8H2,1-2H3. The lowest BCUT2D eigenvalue weighted by Gasteiger charge is -2.33. The van der Waals surface area contributed by atoms with Gasteiger partial charge in [-0.15, -0.1) is 0 Å². The van der Waals surface area contributed by atoms with Gasteiger partial charge in [0.15, 0.2) is 11.6 Å². The molecule has 18 heavy (non-hydrogen) atoms. The molecule has 3 rings (SSSR count). The highest BCUT2D eigenvalue weighted by atomic mass is 16.1. The Morgan fingerprint density at radius 1 is 1.00 bits per heavy atom. The van der Waals surface area contributed by atoms with E-state index in [0.717, 1.165) is 12.0 Å². The van der Waals surface area contributed by atoms with Crippen molar-refractivity contribution >= 4 is 11.6 Å². The number of Topliss-reactive ketones (excluding diaryl/α,β-unsaturated/α-hetero) is 2. The van der Waals surface area contributed by atoms with Crippen molar-refractivity contribution in [2.45, 2.75) is 26.7 Å². The number of allylic oxidation sites excluding steroid dienone is 2.